The Hall–Kier alpha value is -3.34. The summed E-state index contributed by atoms with van der Waals surface area (Å²) in [5.41, 5.74) is 1.97. The van der Waals surface area contributed by atoms with Crippen molar-refractivity contribution in [1.29, 1.82) is 0 Å². The molecule has 2 N–H and O–H groups in total. The molecule has 0 fully saturated rings. The third-order valence-corrected chi connectivity index (χ3v) is 5.76. The average molecular weight is 650 g/mol. The second-order valence-corrected chi connectivity index (χ2v) is 9.38. The van der Waals surface area contributed by atoms with Crippen molar-refractivity contribution in [2.24, 2.45) is 10.2 Å². The van der Waals surface area contributed by atoms with Crippen molar-refractivity contribution in [3.8, 4) is 0 Å². The molecule has 0 bridgehead atoms. The fraction of sp³-hybridized carbons (Fsp3) is 0.562. The number of carboxylic acids is 1. The number of amides is 1. The van der Waals surface area contributed by atoms with Crippen LogP contribution in [0.25, 0.3) is 0 Å². The van der Waals surface area contributed by atoms with Gasteiger partial charge in [0.2, 0.25) is 0 Å². The molecule has 0 spiro atoms. The Balaban J connectivity index is 1.26. The maximum atomic E-state index is 12.3. The SMILES string of the molecule is O=C(O)CCOCCOCCOCCOCCOCCOCCOCCOCCNC(=O)c1ccc(N=Nc2ccccc2)cc1. The zero-order chi connectivity index (χ0) is 32.8. The van der Waals surface area contributed by atoms with Crippen LogP contribution < -0.4 is 5.32 Å². The predicted molar refractivity (Wildman–Crippen MR) is 168 cm³/mol. The highest BCUT2D eigenvalue weighted by Gasteiger charge is 2.05. The Morgan fingerprint density at radius 3 is 1.28 bits per heavy atom. The monoisotopic (exact) mass is 649 g/mol. The van der Waals surface area contributed by atoms with E-state index in [1.165, 1.54) is 0 Å². The molecule has 0 unspecified atom stereocenters. The molecule has 0 aliphatic carbocycles. The second-order valence-electron chi connectivity index (χ2n) is 9.38. The topological polar surface area (TPSA) is 165 Å². The Morgan fingerprint density at radius 1 is 0.500 bits per heavy atom. The molecule has 1 amide bonds. The number of azo groups is 1. The number of rotatable bonds is 30. The molecule has 2 aromatic carbocycles. The van der Waals surface area contributed by atoms with E-state index in [4.69, 9.17) is 43.0 Å². The maximum absolute atomic E-state index is 12.3. The number of carbonyl (C=O) groups excluding carboxylic acids is 1. The van der Waals surface area contributed by atoms with Gasteiger partial charge in [-0.05, 0) is 36.4 Å². The van der Waals surface area contributed by atoms with E-state index in [1.807, 2.05) is 30.3 Å². The van der Waals surface area contributed by atoms with Gasteiger partial charge in [-0.2, -0.15) is 10.2 Å². The highest BCUT2D eigenvalue weighted by molar-refractivity contribution is 5.94. The summed E-state index contributed by atoms with van der Waals surface area (Å²) in [7, 11) is 0. The van der Waals surface area contributed by atoms with Crippen LogP contribution >= 0.6 is 0 Å². The average Bonchev–Trinajstić information content (AvgIpc) is 3.07. The summed E-state index contributed by atoms with van der Waals surface area (Å²) in [6.07, 6.45) is -0.00750. The fourth-order valence-corrected chi connectivity index (χ4v) is 3.43. The van der Waals surface area contributed by atoms with E-state index in [1.54, 1.807) is 24.3 Å². The minimum absolute atomic E-state index is 0.00750. The summed E-state index contributed by atoms with van der Waals surface area (Å²) in [5.74, 6) is -1.06. The first kappa shape index (κ1) is 38.8. The third kappa shape index (κ3) is 22.2. The first-order chi connectivity index (χ1) is 22.6. The van der Waals surface area contributed by atoms with Crippen molar-refractivity contribution in [2.75, 3.05) is 112 Å². The quantitative estimate of drug-likeness (QED) is 0.0941. The Kier molecular flexibility index (Phi) is 23.6. The Labute approximate surface area is 270 Å². The van der Waals surface area contributed by atoms with Crippen LogP contribution in [-0.4, -0.2) is 129 Å². The Morgan fingerprint density at radius 2 is 0.870 bits per heavy atom. The van der Waals surface area contributed by atoms with Gasteiger partial charge in [0.05, 0.1) is 124 Å². The van der Waals surface area contributed by atoms with Gasteiger partial charge in [0.15, 0.2) is 0 Å². The number of hydrogen-bond acceptors (Lipinski definition) is 12. The largest absolute Gasteiger partial charge is 0.481 e. The lowest BCUT2D eigenvalue weighted by molar-refractivity contribution is -0.138. The standard InChI is InChI=1S/C32H47N3O11/c36-31(37)10-12-39-14-16-41-18-20-43-22-24-45-26-27-46-25-23-44-21-19-42-17-15-40-13-11-33-32(38)28-6-8-30(9-7-28)35-34-29-4-2-1-3-5-29/h1-9H,10-27H2,(H,33,38)(H,36,37). The first-order valence-electron chi connectivity index (χ1n) is 15.3. The summed E-state index contributed by atoms with van der Waals surface area (Å²) in [5, 5.41) is 19.6. The van der Waals surface area contributed by atoms with Crippen molar-refractivity contribution >= 4 is 23.3 Å². The highest BCUT2D eigenvalue weighted by atomic mass is 16.6. The molecule has 2 rings (SSSR count). The molecular weight excluding hydrogens is 602 g/mol. The summed E-state index contributed by atoms with van der Waals surface area (Å²) < 4.78 is 43.1. The minimum atomic E-state index is -0.879. The molecule has 256 valence electrons. The van der Waals surface area contributed by atoms with Crippen molar-refractivity contribution in [1.82, 2.24) is 5.32 Å². The number of aliphatic carboxylic acids is 1. The molecule has 0 aromatic heterocycles. The molecule has 14 heteroatoms. The summed E-state index contributed by atoms with van der Waals surface area (Å²) in [6, 6.07) is 16.4. The second kappa shape index (κ2) is 27.9. The summed E-state index contributed by atoms with van der Waals surface area (Å²) >= 11 is 0. The van der Waals surface area contributed by atoms with Crippen LogP contribution in [0.5, 0.6) is 0 Å². The van der Waals surface area contributed by atoms with E-state index in [9.17, 15) is 9.59 Å². The van der Waals surface area contributed by atoms with Gasteiger partial charge >= 0.3 is 5.97 Å². The van der Waals surface area contributed by atoms with E-state index in [2.05, 4.69) is 15.5 Å². The number of hydrogen-bond donors (Lipinski definition) is 2. The number of nitrogens with zero attached hydrogens (tertiary/aromatic N) is 2. The molecule has 0 aliphatic rings. The van der Waals surface area contributed by atoms with Crippen LogP contribution in [0.4, 0.5) is 11.4 Å². The predicted octanol–water partition coefficient (Wildman–Crippen LogP) is 3.44. The zero-order valence-corrected chi connectivity index (χ0v) is 26.3. The normalized spacial score (nSPS) is 11.3. The van der Waals surface area contributed by atoms with Gasteiger partial charge in [-0.15, -0.1) is 0 Å². The molecule has 0 aliphatic heterocycles. The number of ether oxygens (including phenoxy) is 8. The van der Waals surface area contributed by atoms with E-state index < -0.39 is 5.97 Å². The highest BCUT2D eigenvalue weighted by Crippen LogP contribution is 2.18. The van der Waals surface area contributed by atoms with Gasteiger partial charge in [-0.1, -0.05) is 18.2 Å². The van der Waals surface area contributed by atoms with Crippen LogP contribution in [0.3, 0.4) is 0 Å². The van der Waals surface area contributed by atoms with Crippen LogP contribution in [0.15, 0.2) is 64.8 Å². The number of carbonyl (C=O) groups is 2. The van der Waals surface area contributed by atoms with Crippen molar-refractivity contribution in [2.45, 2.75) is 6.42 Å². The molecule has 2 aromatic rings. The van der Waals surface area contributed by atoms with E-state index >= 15 is 0 Å². The lowest BCUT2D eigenvalue weighted by Gasteiger charge is -2.09. The van der Waals surface area contributed by atoms with Gasteiger partial charge < -0.3 is 48.3 Å². The first-order valence-corrected chi connectivity index (χ1v) is 15.3. The van der Waals surface area contributed by atoms with Crippen LogP contribution in [0.1, 0.15) is 16.8 Å². The third-order valence-electron chi connectivity index (χ3n) is 5.76. The van der Waals surface area contributed by atoms with E-state index in [0.717, 1.165) is 5.69 Å². The van der Waals surface area contributed by atoms with Gasteiger partial charge in [-0.3, -0.25) is 9.59 Å². The smallest absolute Gasteiger partial charge is 0.305 e. The molecule has 0 atom stereocenters. The van der Waals surface area contributed by atoms with E-state index in [0.29, 0.717) is 117 Å². The number of carboxylic acid groups (broad SMARTS) is 1. The Bertz CT molecular complexity index is 1060. The van der Waals surface area contributed by atoms with Gasteiger partial charge in [0.1, 0.15) is 0 Å². The lowest BCUT2D eigenvalue weighted by atomic mass is 10.2. The summed E-state index contributed by atoms with van der Waals surface area (Å²) in [6.45, 7) is 7.18. The lowest BCUT2D eigenvalue weighted by Crippen LogP contribution is -2.27. The van der Waals surface area contributed by atoms with Crippen LogP contribution in [-0.2, 0) is 42.7 Å². The van der Waals surface area contributed by atoms with Gasteiger partial charge in [0, 0.05) is 12.1 Å². The van der Waals surface area contributed by atoms with Crippen LogP contribution in [0, 0.1) is 0 Å². The number of benzene rings is 2. The van der Waals surface area contributed by atoms with Gasteiger partial charge in [-0.25, -0.2) is 0 Å². The fourth-order valence-electron chi connectivity index (χ4n) is 3.43. The zero-order valence-electron chi connectivity index (χ0n) is 26.3. The minimum Gasteiger partial charge on any atom is -0.481 e. The molecule has 0 heterocycles. The van der Waals surface area contributed by atoms with E-state index in [-0.39, 0.29) is 18.9 Å². The number of nitrogens with one attached hydrogen (secondary N) is 1. The molecular formula is C32H47N3O11. The van der Waals surface area contributed by atoms with Gasteiger partial charge in [0.25, 0.3) is 5.91 Å². The molecule has 46 heavy (non-hydrogen) atoms. The summed E-state index contributed by atoms with van der Waals surface area (Å²) in [4.78, 5) is 22.6. The van der Waals surface area contributed by atoms with Crippen LogP contribution in [0.2, 0.25) is 0 Å². The van der Waals surface area contributed by atoms with Crippen molar-refractivity contribution in [3.05, 3.63) is 60.2 Å². The van der Waals surface area contributed by atoms with Crippen molar-refractivity contribution < 1.29 is 52.6 Å². The molecule has 0 saturated heterocycles. The molecule has 0 radical (unpaired) electrons. The molecule has 0 saturated carbocycles. The van der Waals surface area contributed by atoms with Crippen molar-refractivity contribution in [3.63, 3.8) is 0 Å². The molecule has 14 nitrogen and oxygen atoms in total. The maximum Gasteiger partial charge on any atom is 0.305 e.